The first-order chi connectivity index (χ1) is 11.4. The van der Waals surface area contributed by atoms with Gasteiger partial charge >= 0.3 is 0 Å². The van der Waals surface area contributed by atoms with E-state index in [9.17, 15) is 15.0 Å². The predicted octanol–water partition coefficient (Wildman–Crippen LogP) is -1.64. The van der Waals surface area contributed by atoms with Crippen LogP contribution in [0.15, 0.2) is 24.0 Å². The monoisotopic (exact) mass is 343 g/mol. The van der Waals surface area contributed by atoms with Gasteiger partial charge in [0.05, 0.1) is 13.2 Å². The number of hydrogen-bond acceptors (Lipinski definition) is 8. The maximum Gasteiger partial charge on any atom is 0.246 e. The lowest BCUT2D eigenvalue weighted by Crippen LogP contribution is -2.40. The second-order valence-electron chi connectivity index (χ2n) is 5.94. The predicted molar refractivity (Wildman–Crippen MR) is 84.0 cm³/mol. The molecule has 1 saturated heterocycles. The number of nitrogens with two attached hydrogens (primary N) is 2. The standard InChI is InChI=1S/C15H25N3O6/c1-9(16)6-22-8-23-7-11-12(19)13(20)15(24-11)18-4-2-3-10(5-18)14(17)21/h2,4-5,9,11-13,15,19-20H,3,6-8,16H2,1H3,(H2,17,21)/t9-,11+,12+,13+,15+/m0/s1. The lowest BCUT2D eigenvalue weighted by Gasteiger charge is -2.28. The van der Waals surface area contributed by atoms with Gasteiger partial charge in [-0.25, -0.2) is 0 Å². The van der Waals surface area contributed by atoms with Crippen LogP contribution in [0, 0.1) is 0 Å². The van der Waals surface area contributed by atoms with E-state index < -0.39 is 30.4 Å². The normalized spacial score (nSPS) is 31.2. The highest BCUT2D eigenvalue weighted by Gasteiger charge is 2.45. The number of allylic oxidation sites excluding steroid dienone is 1. The molecule has 0 unspecified atom stereocenters. The number of carbonyl (C=O) groups is 1. The van der Waals surface area contributed by atoms with E-state index in [1.807, 2.05) is 6.92 Å². The Kier molecular flexibility index (Phi) is 6.72. The first-order valence-electron chi connectivity index (χ1n) is 7.77. The number of rotatable bonds is 8. The van der Waals surface area contributed by atoms with Gasteiger partial charge in [-0.05, 0) is 13.3 Å². The minimum Gasteiger partial charge on any atom is -0.387 e. The van der Waals surface area contributed by atoms with Crippen LogP contribution in [0.1, 0.15) is 13.3 Å². The highest BCUT2D eigenvalue weighted by molar-refractivity contribution is 5.92. The van der Waals surface area contributed by atoms with Crippen LogP contribution < -0.4 is 11.5 Å². The summed E-state index contributed by atoms with van der Waals surface area (Å²) in [5.41, 5.74) is 11.2. The fourth-order valence-corrected chi connectivity index (χ4v) is 2.47. The molecule has 0 radical (unpaired) electrons. The molecule has 24 heavy (non-hydrogen) atoms. The maximum absolute atomic E-state index is 11.3. The second-order valence-corrected chi connectivity index (χ2v) is 5.94. The molecule has 9 nitrogen and oxygen atoms in total. The first kappa shape index (κ1) is 18.8. The summed E-state index contributed by atoms with van der Waals surface area (Å²) in [6.07, 6.45) is 1.50. The van der Waals surface area contributed by atoms with E-state index in [-0.39, 0.29) is 19.4 Å². The lowest BCUT2D eigenvalue weighted by molar-refractivity contribution is -0.117. The van der Waals surface area contributed by atoms with Crippen LogP contribution in [0.25, 0.3) is 0 Å². The fraction of sp³-hybridized carbons (Fsp3) is 0.667. The molecular weight excluding hydrogens is 318 g/mol. The zero-order valence-electron chi connectivity index (χ0n) is 13.6. The van der Waals surface area contributed by atoms with Crippen molar-refractivity contribution in [3.63, 3.8) is 0 Å². The molecule has 5 atom stereocenters. The third kappa shape index (κ3) is 4.76. The average molecular weight is 343 g/mol. The van der Waals surface area contributed by atoms with Crippen molar-refractivity contribution in [2.24, 2.45) is 11.5 Å². The van der Waals surface area contributed by atoms with E-state index in [0.29, 0.717) is 18.6 Å². The lowest BCUT2D eigenvalue weighted by atomic mass is 10.1. The van der Waals surface area contributed by atoms with Crippen molar-refractivity contribution in [2.75, 3.05) is 20.0 Å². The Morgan fingerprint density at radius 1 is 1.46 bits per heavy atom. The smallest absolute Gasteiger partial charge is 0.246 e. The van der Waals surface area contributed by atoms with Crippen molar-refractivity contribution in [2.45, 2.75) is 43.9 Å². The molecule has 0 bridgehead atoms. The van der Waals surface area contributed by atoms with Crippen molar-refractivity contribution in [3.05, 3.63) is 24.0 Å². The second kappa shape index (κ2) is 8.56. The molecule has 0 aliphatic carbocycles. The molecule has 9 heteroatoms. The third-order valence-electron chi connectivity index (χ3n) is 3.70. The molecule has 2 aliphatic rings. The summed E-state index contributed by atoms with van der Waals surface area (Å²) in [4.78, 5) is 12.8. The topological polar surface area (TPSA) is 141 Å². The first-order valence-corrected chi connectivity index (χ1v) is 7.77. The van der Waals surface area contributed by atoms with E-state index in [2.05, 4.69) is 0 Å². The van der Waals surface area contributed by atoms with Crippen molar-refractivity contribution in [1.82, 2.24) is 4.90 Å². The summed E-state index contributed by atoms with van der Waals surface area (Å²) in [7, 11) is 0. The number of carbonyl (C=O) groups excluding carboxylic acids is 1. The van der Waals surface area contributed by atoms with Gasteiger partial charge in [-0.15, -0.1) is 0 Å². The van der Waals surface area contributed by atoms with E-state index in [4.69, 9.17) is 25.7 Å². The molecule has 0 spiro atoms. The number of primary amides is 1. The minimum absolute atomic E-state index is 0.0181. The summed E-state index contributed by atoms with van der Waals surface area (Å²) in [5.74, 6) is -0.538. The maximum atomic E-state index is 11.3. The summed E-state index contributed by atoms with van der Waals surface area (Å²) in [6, 6.07) is -0.0924. The SMILES string of the molecule is C[C@H](N)COCOC[C@H]1O[C@@H](N2C=CCC(C(N)=O)=C2)[C@H](O)[C@@H]1O. The van der Waals surface area contributed by atoms with Gasteiger partial charge in [0.1, 0.15) is 25.1 Å². The fourth-order valence-electron chi connectivity index (χ4n) is 2.47. The summed E-state index contributed by atoms with van der Waals surface area (Å²) < 4.78 is 16.1. The van der Waals surface area contributed by atoms with Gasteiger partial charge in [0, 0.05) is 24.0 Å². The molecule has 1 fully saturated rings. The zero-order valence-corrected chi connectivity index (χ0v) is 13.6. The van der Waals surface area contributed by atoms with Gasteiger partial charge in [0.15, 0.2) is 6.23 Å². The molecule has 0 aromatic carbocycles. The number of nitrogens with zero attached hydrogens (tertiary/aromatic N) is 1. The van der Waals surface area contributed by atoms with Crippen LogP contribution >= 0.6 is 0 Å². The largest absolute Gasteiger partial charge is 0.387 e. The van der Waals surface area contributed by atoms with Gasteiger partial charge < -0.3 is 40.8 Å². The zero-order chi connectivity index (χ0) is 17.7. The highest BCUT2D eigenvalue weighted by atomic mass is 16.7. The summed E-state index contributed by atoms with van der Waals surface area (Å²) >= 11 is 0. The van der Waals surface area contributed by atoms with Gasteiger partial charge in [-0.3, -0.25) is 4.79 Å². The minimum atomic E-state index is -1.16. The molecule has 136 valence electrons. The van der Waals surface area contributed by atoms with E-state index in [0.717, 1.165) is 0 Å². The Labute approximate surface area is 140 Å². The molecular formula is C15H25N3O6. The van der Waals surface area contributed by atoms with Crippen molar-refractivity contribution in [3.8, 4) is 0 Å². The van der Waals surface area contributed by atoms with Crippen LogP contribution in [-0.2, 0) is 19.0 Å². The quantitative estimate of drug-likeness (QED) is 0.304. The molecule has 2 heterocycles. The number of aliphatic hydroxyl groups excluding tert-OH is 2. The molecule has 2 rings (SSSR count). The number of amides is 1. The molecule has 0 saturated carbocycles. The van der Waals surface area contributed by atoms with E-state index in [1.54, 1.807) is 12.3 Å². The van der Waals surface area contributed by atoms with Crippen LogP contribution in [0.4, 0.5) is 0 Å². The number of aliphatic hydroxyl groups is 2. The molecule has 0 aromatic heterocycles. The average Bonchev–Trinajstić information content (AvgIpc) is 2.83. The Hall–Kier alpha value is -1.49. The van der Waals surface area contributed by atoms with E-state index >= 15 is 0 Å². The number of hydrogen-bond donors (Lipinski definition) is 4. The molecule has 2 aliphatic heterocycles. The van der Waals surface area contributed by atoms with Crippen LogP contribution in [-0.4, -0.2) is 71.6 Å². The van der Waals surface area contributed by atoms with Gasteiger partial charge in [-0.2, -0.15) is 0 Å². The van der Waals surface area contributed by atoms with Gasteiger partial charge in [-0.1, -0.05) is 6.08 Å². The Morgan fingerprint density at radius 3 is 2.88 bits per heavy atom. The third-order valence-corrected chi connectivity index (χ3v) is 3.70. The van der Waals surface area contributed by atoms with Crippen molar-refractivity contribution < 1.29 is 29.2 Å². The Balaban J connectivity index is 1.86. The Morgan fingerprint density at radius 2 is 2.21 bits per heavy atom. The molecule has 0 aromatic rings. The molecule has 1 amide bonds. The van der Waals surface area contributed by atoms with Crippen molar-refractivity contribution in [1.29, 1.82) is 0 Å². The summed E-state index contributed by atoms with van der Waals surface area (Å²) in [6.45, 7) is 2.24. The van der Waals surface area contributed by atoms with Crippen LogP contribution in [0.2, 0.25) is 0 Å². The van der Waals surface area contributed by atoms with Crippen LogP contribution in [0.5, 0.6) is 0 Å². The van der Waals surface area contributed by atoms with Gasteiger partial charge in [0.2, 0.25) is 5.91 Å². The van der Waals surface area contributed by atoms with Crippen LogP contribution in [0.3, 0.4) is 0 Å². The number of ether oxygens (including phenoxy) is 3. The van der Waals surface area contributed by atoms with Crippen molar-refractivity contribution >= 4 is 5.91 Å². The summed E-state index contributed by atoms with van der Waals surface area (Å²) in [5, 5.41) is 20.3. The molecule has 6 N–H and O–H groups in total. The Bertz CT molecular complexity index is 496. The van der Waals surface area contributed by atoms with E-state index in [1.165, 1.54) is 11.1 Å². The highest BCUT2D eigenvalue weighted by Crippen LogP contribution is 2.27. The van der Waals surface area contributed by atoms with Gasteiger partial charge in [0.25, 0.3) is 0 Å².